The second-order valence-electron chi connectivity index (χ2n) is 9.22. The zero-order valence-electron chi connectivity index (χ0n) is 19.2. The molecule has 1 aliphatic heterocycles. The molecule has 31 heavy (non-hydrogen) atoms. The maximum atomic E-state index is 12.0. The molecule has 2 aromatic rings. The highest BCUT2D eigenvalue weighted by atomic mass is 16.6. The van der Waals surface area contributed by atoms with Crippen LogP contribution in [-0.4, -0.2) is 28.6 Å². The van der Waals surface area contributed by atoms with E-state index in [2.05, 4.69) is 16.9 Å². The number of esters is 1. The molecule has 1 aromatic carbocycles. The quantitative estimate of drug-likeness (QED) is 0.319. The lowest BCUT2D eigenvalue weighted by Gasteiger charge is -2.32. The highest BCUT2D eigenvalue weighted by molar-refractivity contribution is 5.76. The van der Waals surface area contributed by atoms with Crippen LogP contribution in [0, 0.1) is 5.41 Å². The Kier molecular flexibility index (Phi) is 8.44. The molecule has 0 spiro atoms. The lowest BCUT2D eigenvalue weighted by Crippen LogP contribution is -2.39. The molecule has 1 aromatic heterocycles. The number of ether oxygens (including phenoxy) is 2. The zero-order valence-corrected chi connectivity index (χ0v) is 19.2. The first-order valence-electron chi connectivity index (χ1n) is 11.7. The third-order valence-electron chi connectivity index (χ3n) is 5.99. The number of cyclic esters (lactones) is 1. The standard InChI is InChI=1S/C26H36N2O3/c1-4-5-6-7-8-9-10-20-17-27-24(28-18-20)21-11-13-22(14-12-21)30-19-23-15-16-26(2,3)25(29)31-23/h11-14,17-18,23H,4-10,15-16,19H2,1-3H3. The molecule has 0 amide bonds. The van der Waals surface area contributed by atoms with Gasteiger partial charge in [-0.1, -0.05) is 39.0 Å². The predicted molar refractivity (Wildman–Crippen MR) is 123 cm³/mol. The lowest BCUT2D eigenvalue weighted by molar-refractivity contribution is -0.169. The van der Waals surface area contributed by atoms with Crippen LogP contribution in [0.4, 0.5) is 0 Å². The lowest BCUT2D eigenvalue weighted by atomic mass is 9.84. The summed E-state index contributed by atoms with van der Waals surface area (Å²) >= 11 is 0. The molecule has 2 heterocycles. The smallest absolute Gasteiger partial charge is 0.311 e. The van der Waals surface area contributed by atoms with Gasteiger partial charge < -0.3 is 9.47 Å². The van der Waals surface area contributed by atoms with E-state index in [9.17, 15) is 4.79 Å². The summed E-state index contributed by atoms with van der Waals surface area (Å²) < 4.78 is 11.3. The number of carbonyl (C=O) groups excluding carboxylic acids is 1. The van der Waals surface area contributed by atoms with Gasteiger partial charge in [0.15, 0.2) is 5.82 Å². The highest BCUT2D eigenvalue weighted by Crippen LogP contribution is 2.31. The molecule has 0 N–H and O–H groups in total. The molecule has 5 heteroatoms. The number of aromatic nitrogens is 2. The Balaban J connectivity index is 1.44. The van der Waals surface area contributed by atoms with Crippen molar-refractivity contribution in [1.82, 2.24) is 9.97 Å². The monoisotopic (exact) mass is 424 g/mol. The Hall–Kier alpha value is -2.43. The minimum absolute atomic E-state index is 0.139. The number of hydrogen-bond acceptors (Lipinski definition) is 5. The molecule has 1 aliphatic rings. The van der Waals surface area contributed by atoms with Gasteiger partial charge in [-0.25, -0.2) is 9.97 Å². The summed E-state index contributed by atoms with van der Waals surface area (Å²) in [6.07, 6.45) is 14.2. The van der Waals surface area contributed by atoms with Gasteiger partial charge in [0, 0.05) is 18.0 Å². The topological polar surface area (TPSA) is 61.3 Å². The van der Waals surface area contributed by atoms with Crippen LogP contribution in [0.2, 0.25) is 0 Å². The molecule has 5 nitrogen and oxygen atoms in total. The second-order valence-corrected chi connectivity index (χ2v) is 9.22. The van der Waals surface area contributed by atoms with Crippen LogP contribution >= 0.6 is 0 Å². The van der Waals surface area contributed by atoms with E-state index in [1.807, 2.05) is 50.5 Å². The average Bonchev–Trinajstić information content (AvgIpc) is 2.78. The number of benzene rings is 1. The van der Waals surface area contributed by atoms with Crippen LogP contribution in [0.15, 0.2) is 36.7 Å². The molecule has 0 saturated carbocycles. The Morgan fingerprint density at radius 3 is 2.39 bits per heavy atom. The SMILES string of the molecule is CCCCCCCCc1cnc(-c2ccc(OCC3CCC(C)(C)C(=O)O3)cc2)nc1. The first-order valence-corrected chi connectivity index (χ1v) is 11.7. The predicted octanol–water partition coefficient (Wildman–Crippen LogP) is 6.16. The van der Waals surface area contributed by atoms with Crippen molar-refractivity contribution in [1.29, 1.82) is 0 Å². The minimum Gasteiger partial charge on any atom is -0.490 e. The fraction of sp³-hybridized carbons (Fsp3) is 0.577. The van der Waals surface area contributed by atoms with E-state index in [0.29, 0.717) is 6.61 Å². The molecular formula is C26H36N2O3. The number of hydrogen-bond donors (Lipinski definition) is 0. The van der Waals surface area contributed by atoms with Gasteiger partial charge in [-0.2, -0.15) is 0 Å². The first-order chi connectivity index (χ1) is 15.0. The van der Waals surface area contributed by atoms with Crippen LogP contribution in [0.25, 0.3) is 11.4 Å². The summed E-state index contributed by atoms with van der Waals surface area (Å²) in [5.41, 5.74) is 1.77. The average molecular weight is 425 g/mol. The fourth-order valence-corrected chi connectivity index (χ4v) is 3.74. The number of aryl methyl sites for hydroxylation is 1. The summed E-state index contributed by atoms with van der Waals surface area (Å²) in [7, 11) is 0. The van der Waals surface area contributed by atoms with Gasteiger partial charge in [0.2, 0.25) is 0 Å². The van der Waals surface area contributed by atoms with E-state index >= 15 is 0 Å². The molecule has 3 rings (SSSR count). The van der Waals surface area contributed by atoms with Crippen molar-refractivity contribution in [3.63, 3.8) is 0 Å². The first kappa shape index (κ1) is 23.2. The number of rotatable bonds is 11. The van der Waals surface area contributed by atoms with E-state index in [-0.39, 0.29) is 17.5 Å². The van der Waals surface area contributed by atoms with E-state index in [1.165, 1.54) is 44.1 Å². The van der Waals surface area contributed by atoms with Crippen molar-refractivity contribution in [3.8, 4) is 17.1 Å². The van der Waals surface area contributed by atoms with Gasteiger partial charge in [0.1, 0.15) is 18.5 Å². The van der Waals surface area contributed by atoms with Gasteiger partial charge in [0.05, 0.1) is 5.41 Å². The van der Waals surface area contributed by atoms with E-state index in [4.69, 9.17) is 9.47 Å². The largest absolute Gasteiger partial charge is 0.490 e. The molecule has 1 saturated heterocycles. The van der Waals surface area contributed by atoms with Crippen LogP contribution in [0.5, 0.6) is 5.75 Å². The third-order valence-corrected chi connectivity index (χ3v) is 5.99. The van der Waals surface area contributed by atoms with Crippen LogP contribution in [-0.2, 0) is 16.0 Å². The van der Waals surface area contributed by atoms with Crippen molar-refractivity contribution in [2.75, 3.05) is 6.61 Å². The Morgan fingerprint density at radius 2 is 1.71 bits per heavy atom. The summed E-state index contributed by atoms with van der Waals surface area (Å²) in [5.74, 6) is 1.34. The summed E-state index contributed by atoms with van der Waals surface area (Å²) in [6, 6.07) is 7.76. The van der Waals surface area contributed by atoms with E-state index < -0.39 is 0 Å². The molecule has 1 atom stereocenters. The van der Waals surface area contributed by atoms with Crippen molar-refractivity contribution in [2.24, 2.45) is 5.41 Å². The van der Waals surface area contributed by atoms with Gasteiger partial charge in [-0.05, 0) is 69.4 Å². The molecule has 0 aliphatic carbocycles. The molecule has 1 fully saturated rings. The molecular weight excluding hydrogens is 388 g/mol. The number of carbonyl (C=O) groups is 1. The zero-order chi connectivity index (χ0) is 22.1. The van der Waals surface area contributed by atoms with E-state index in [0.717, 1.165) is 36.4 Å². The molecule has 0 radical (unpaired) electrons. The van der Waals surface area contributed by atoms with Crippen molar-refractivity contribution < 1.29 is 14.3 Å². The van der Waals surface area contributed by atoms with Crippen molar-refractivity contribution >= 4 is 5.97 Å². The van der Waals surface area contributed by atoms with Crippen LogP contribution in [0.1, 0.15) is 77.7 Å². The molecule has 1 unspecified atom stereocenters. The maximum absolute atomic E-state index is 12.0. The van der Waals surface area contributed by atoms with Crippen molar-refractivity contribution in [2.45, 2.75) is 84.7 Å². The summed E-state index contributed by atoms with van der Waals surface area (Å²) in [5, 5.41) is 0. The summed E-state index contributed by atoms with van der Waals surface area (Å²) in [6.45, 7) is 6.48. The number of nitrogens with zero attached hydrogens (tertiary/aromatic N) is 2. The highest BCUT2D eigenvalue weighted by Gasteiger charge is 2.36. The van der Waals surface area contributed by atoms with Crippen molar-refractivity contribution in [3.05, 3.63) is 42.2 Å². The fourth-order valence-electron chi connectivity index (χ4n) is 3.74. The van der Waals surface area contributed by atoms with Gasteiger partial charge in [-0.15, -0.1) is 0 Å². The molecule has 168 valence electrons. The molecule has 0 bridgehead atoms. The number of unbranched alkanes of at least 4 members (excludes halogenated alkanes) is 5. The Bertz CT molecular complexity index is 816. The summed E-state index contributed by atoms with van der Waals surface area (Å²) in [4.78, 5) is 21.1. The third kappa shape index (κ3) is 7.05. The van der Waals surface area contributed by atoms with Gasteiger partial charge in [0.25, 0.3) is 0 Å². The second kappa shape index (κ2) is 11.3. The normalized spacial score (nSPS) is 17.9. The van der Waals surface area contributed by atoms with Crippen LogP contribution < -0.4 is 4.74 Å². The van der Waals surface area contributed by atoms with Gasteiger partial charge >= 0.3 is 5.97 Å². The van der Waals surface area contributed by atoms with E-state index in [1.54, 1.807) is 0 Å². The maximum Gasteiger partial charge on any atom is 0.311 e. The van der Waals surface area contributed by atoms with Crippen LogP contribution in [0.3, 0.4) is 0 Å². The Labute approximate surface area is 186 Å². The minimum atomic E-state index is -0.387. The van der Waals surface area contributed by atoms with Gasteiger partial charge in [-0.3, -0.25) is 4.79 Å². The Morgan fingerprint density at radius 1 is 1.03 bits per heavy atom.